The first-order valence-corrected chi connectivity index (χ1v) is 3.46. The largest absolute Gasteiger partial charge is 0.505 e. The number of carbonyl (C=O) groups excluding carboxylic acids is 1. The lowest BCUT2D eigenvalue weighted by Gasteiger charge is -2.05. The van der Waals surface area contributed by atoms with Crippen molar-refractivity contribution in [3.63, 3.8) is 0 Å². The zero-order valence-corrected chi connectivity index (χ0v) is 6.66. The average Bonchev–Trinajstić information content (AvgIpc) is 2.04. The Balaban J connectivity index is 3.23. The molecule has 0 aliphatic heterocycles. The molecule has 0 atom stereocenters. The Morgan fingerprint density at radius 2 is 2.25 bits per heavy atom. The fourth-order valence-electron chi connectivity index (χ4n) is 0.944. The van der Waals surface area contributed by atoms with Crippen molar-refractivity contribution in [1.82, 2.24) is 0 Å². The molecule has 0 fully saturated rings. The van der Waals surface area contributed by atoms with E-state index < -0.39 is 5.91 Å². The van der Waals surface area contributed by atoms with Crippen molar-refractivity contribution in [2.45, 2.75) is 0 Å². The van der Waals surface area contributed by atoms with Crippen molar-refractivity contribution in [2.75, 3.05) is 12.4 Å². The van der Waals surface area contributed by atoms with Gasteiger partial charge in [-0.2, -0.15) is 0 Å². The maximum absolute atomic E-state index is 10.7. The summed E-state index contributed by atoms with van der Waals surface area (Å²) in [5.41, 5.74) is 5.63. The first-order chi connectivity index (χ1) is 5.66. The molecule has 1 aromatic carbocycles. The van der Waals surface area contributed by atoms with Gasteiger partial charge in [0, 0.05) is 7.05 Å². The van der Waals surface area contributed by atoms with Crippen molar-refractivity contribution < 1.29 is 9.90 Å². The normalized spacial score (nSPS) is 9.42. The molecule has 0 unspecified atom stereocenters. The van der Waals surface area contributed by atoms with Gasteiger partial charge in [-0.3, -0.25) is 4.79 Å². The van der Waals surface area contributed by atoms with Gasteiger partial charge >= 0.3 is 0 Å². The van der Waals surface area contributed by atoms with Crippen LogP contribution in [0.15, 0.2) is 18.2 Å². The Labute approximate surface area is 70.0 Å². The second kappa shape index (κ2) is 3.13. The highest BCUT2D eigenvalue weighted by Gasteiger charge is 2.09. The predicted molar refractivity (Wildman–Crippen MR) is 46.2 cm³/mol. The molecule has 0 aliphatic rings. The van der Waals surface area contributed by atoms with E-state index in [0.29, 0.717) is 5.69 Å². The van der Waals surface area contributed by atoms with Gasteiger partial charge in [0.25, 0.3) is 5.91 Å². The van der Waals surface area contributed by atoms with Crippen LogP contribution >= 0.6 is 0 Å². The smallest absolute Gasteiger partial charge is 0.252 e. The molecular weight excluding hydrogens is 156 g/mol. The number of rotatable bonds is 2. The summed E-state index contributed by atoms with van der Waals surface area (Å²) in [6, 6.07) is 4.77. The van der Waals surface area contributed by atoms with Gasteiger partial charge in [-0.05, 0) is 12.1 Å². The molecule has 12 heavy (non-hydrogen) atoms. The van der Waals surface area contributed by atoms with Gasteiger partial charge < -0.3 is 16.2 Å². The van der Waals surface area contributed by atoms with Crippen LogP contribution in [-0.2, 0) is 0 Å². The van der Waals surface area contributed by atoms with E-state index in [1.807, 2.05) is 0 Å². The third-order valence-corrected chi connectivity index (χ3v) is 1.57. The molecule has 1 aromatic rings. The number of anilines is 1. The number of nitrogens with one attached hydrogen (secondary N) is 1. The number of para-hydroxylation sites is 1. The number of phenols is 1. The first-order valence-electron chi connectivity index (χ1n) is 3.46. The van der Waals surface area contributed by atoms with Gasteiger partial charge in [0.05, 0.1) is 11.3 Å². The van der Waals surface area contributed by atoms with Crippen LogP contribution < -0.4 is 11.1 Å². The molecule has 0 aliphatic carbocycles. The van der Waals surface area contributed by atoms with E-state index in [1.165, 1.54) is 6.07 Å². The van der Waals surface area contributed by atoms with Crippen LogP contribution in [0.3, 0.4) is 0 Å². The lowest BCUT2D eigenvalue weighted by molar-refractivity contribution is 0.0998. The quantitative estimate of drug-likeness (QED) is 0.561. The molecule has 0 aromatic heterocycles. The average molecular weight is 166 g/mol. The van der Waals surface area contributed by atoms with Crippen LogP contribution in [0.5, 0.6) is 5.75 Å². The Hall–Kier alpha value is -1.71. The summed E-state index contributed by atoms with van der Waals surface area (Å²) >= 11 is 0. The summed E-state index contributed by atoms with van der Waals surface area (Å²) in [6.45, 7) is 0. The fourth-order valence-corrected chi connectivity index (χ4v) is 0.944. The van der Waals surface area contributed by atoms with E-state index in [1.54, 1.807) is 19.2 Å². The minimum Gasteiger partial charge on any atom is -0.505 e. The number of amides is 1. The molecule has 0 radical (unpaired) electrons. The SMILES string of the molecule is CNc1cccc(C(N)=O)c1O. The molecular formula is C8H10N2O2. The highest BCUT2D eigenvalue weighted by Crippen LogP contribution is 2.26. The first kappa shape index (κ1) is 8.39. The van der Waals surface area contributed by atoms with E-state index in [2.05, 4.69) is 5.32 Å². The number of nitrogens with two attached hydrogens (primary N) is 1. The highest BCUT2D eigenvalue weighted by molar-refractivity contribution is 5.97. The predicted octanol–water partition coefficient (Wildman–Crippen LogP) is 0.533. The van der Waals surface area contributed by atoms with Crippen molar-refractivity contribution in [3.8, 4) is 5.75 Å². The summed E-state index contributed by atoms with van der Waals surface area (Å²) in [4.78, 5) is 10.7. The zero-order chi connectivity index (χ0) is 9.14. The van der Waals surface area contributed by atoms with Gasteiger partial charge in [0.2, 0.25) is 0 Å². The second-order valence-corrected chi connectivity index (χ2v) is 2.32. The van der Waals surface area contributed by atoms with Crippen LogP contribution in [-0.4, -0.2) is 18.1 Å². The van der Waals surface area contributed by atoms with E-state index in [9.17, 15) is 9.90 Å². The third-order valence-electron chi connectivity index (χ3n) is 1.57. The Kier molecular flexibility index (Phi) is 2.19. The Morgan fingerprint density at radius 3 is 2.75 bits per heavy atom. The number of aromatic hydroxyl groups is 1. The van der Waals surface area contributed by atoms with E-state index in [0.717, 1.165) is 0 Å². The summed E-state index contributed by atoms with van der Waals surface area (Å²) in [7, 11) is 1.65. The highest BCUT2D eigenvalue weighted by atomic mass is 16.3. The summed E-state index contributed by atoms with van der Waals surface area (Å²) < 4.78 is 0. The summed E-state index contributed by atoms with van der Waals surface area (Å²) in [6.07, 6.45) is 0. The van der Waals surface area contributed by atoms with Gasteiger partial charge in [0.1, 0.15) is 0 Å². The summed E-state index contributed by atoms with van der Waals surface area (Å²) in [5, 5.41) is 12.1. The standard InChI is InChI=1S/C8H10N2O2/c1-10-6-4-2-3-5(7(6)11)8(9)12/h2-4,10-11H,1H3,(H2,9,12). The Bertz CT molecular complexity index is 310. The molecule has 1 amide bonds. The van der Waals surface area contributed by atoms with Crippen molar-refractivity contribution in [3.05, 3.63) is 23.8 Å². The summed E-state index contributed by atoms with van der Waals surface area (Å²) in [5.74, 6) is -0.739. The molecule has 4 nitrogen and oxygen atoms in total. The molecule has 1 rings (SSSR count). The van der Waals surface area contributed by atoms with Gasteiger partial charge in [-0.15, -0.1) is 0 Å². The fraction of sp³-hybridized carbons (Fsp3) is 0.125. The minimum absolute atomic E-state index is 0.104. The monoisotopic (exact) mass is 166 g/mol. The molecule has 4 N–H and O–H groups in total. The number of hydrogen-bond donors (Lipinski definition) is 3. The van der Waals surface area contributed by atoms with Crippen LogP contribution in [0.4, 0.5) is 5.69 Å². The second-order valence-electron chi connectivity index (χ2n) is 2.32. The number of hydrogen-bond acceptors (Lipinski definition) is 3. The molecule has 0 heterocycles. The van der Waals surface area contributed by atoms with Crippen molar-refractivity contribution >= 4 is 11.6 Å². The van der Waals surface area contributed by atoms with Crippen molar-refractivity contribution in [2.24, 2.45) is 5.73 Å². The molecule has 0 saturated heterocycles. The maximum atomic E-state index is 10.7. The van der Waals surface area contributed by atoms with Crippen LogP contribution in [0.1, 0.15) is 10.4 Å². The number of benzene rings is 1. The lowest BCUT2D eigenvalue weighted by Crippen LogP contribution is -2.11. The number of carbonyl (C=O) groups is 1. The molecule has 0 spiro atoms. The van der Waals surface area contributed by atoms with E-state index >= 15 is 0 Å². The lowest BCUT2D eigenvalue weighted by atomic mass is 10.1. The molecule has 0 saturated carbocycles. The van der Waals surface area contributed by atoms with Crippen LogP contribution in [0.2, 0.25) is 0 Å². The minimum atomic E-state index is -0.635. The maximum Gasteiger partial charge on any atom is 0.252 e. The molecule has 4 heteroatoms. The Morgan fingerprint density at radius 1 is 1.58 bits per heavy atom. The van der Waals surface area contributed by atoms with Gasteiger partial charge in [-0.1, -0.05) is 6.07 Å². The van der Waals surface area contributed by atoms with E-state index in [-0.39, 0.29) is 11.3 Å². The van der Waals surface area contributed by atoms with Crippen molar-refractivity contribution in [1.29, 1.82) is 0 Å². The van der Waals surface area contributed by atoms with Crippen LogP contribution in [0, 0.1) is 0 Å². The van der Waals surface area contributed by atoms with Gasteiger partial charge in [0.15, 0.2) is 5.75 Å². The van der Waals surface area contributed by atoms with Gasteiger partial charge in [-0.25, -0.2) is 0 Å². The van der Waals surface area contributed by atoms with Crippen LogP contribution in [0.25, 0.3) is 0 Å². The zero-order valence-electron chi connectivity index (χ0n) is 6.66. The van der Waals surface area contributed by atoms with E-state index in [4.69, 9.17) is 5.73 Å². The third kappa shape index (κ3) is 1.32. The number of primary amides is 1. The topological polar surface area (TPSA) is 75.3 Å². The molecule has 64 valence electrons. The molecule has 0 bridgehead atoms.